The number of nitrogens with one attached hydrogen (secondary N) is 2. The number of hydrogen-bond donors (Lipinski definition) is 3. The molecule has 0 atom stereocenters. The van der Waals surface area contributed by atoms with Crippen molar-refractivity contribution in [2.24, 2.45) is 5.84 Å². The first-order valence-electron chi connectivity index (χ1n) is 5.61. The minimum absolute atomic E-state index is 0.0930. The molecular weight excluding hydrogens is 297 g/mol. The summed E-state index contributed by atoms with van der Waals surface area (Å²) in [7, 11) is -3.98. The van der Waals surface area contributed by atoms with Crippen LogP contribution in [0.5, 0.6) is 0 Å². The van der Waals surface area contributed by atoms with Crippen LogP contribution in [0.2, 0.25) is 0 Å². The minimum Gasteiger partial charge on any atom is -0.308 e. The summed E-state index contributed by atoms with van der Waals surface area (Å²) in [6, 6.07) is 7.81. The van der Waals surface area contributed by atoms with E-state index >= 15 is 0 Å². The predicted molar refractivity (Wildman–Crippen MR) is 74.0 cm³/mol. The Kier molecular flexibility index (Phi) is 4.02. The zero-order valence-electron chi connectivity index (χ0n) is 10.5. The fourth-order valence-electron chi connectivity index (χ4n) is 1.50. The highest BCUT2D eigenvalue weighted by molar-refractivity contribution is 7.92. The van der Waals surface area contributed by atoms with E-state index in [4.69, 9.17) is 11.1 Å². The highest BCUT2D eigenvalue weighted by atomic mass is 32.2. The molecule has 2 rings (SSSR count). The van der Waals surface area contributed by atoms with Crippen molar-refractivity contribution in [3.8, 4) is 6.07 Å². The number of nitriles is 1. The Morgan fingerprint density at radius 1 is 1.29 bits per heavy atom. The van der Waals surface area contributed by atoms with Crippen LogP contribution in [0, 0.1) is 17.1 Å². The molecule has 0 unspecified atom stereocenters. The molecule has 1 aromatic heterocycles. The van der Waals surface area contributed by atoms with Crippen molar-refractivity contribution < 1.29 is 12.8 Å². The number of halogens is 1. The van der Waals surface area contributed by atoms with Gasteiger partial charge >= 0.3 is 0 Å². The Bertz CT molecular complexity index is 799. The van der Waals surface area contributed by atoms with E-state index in [9.17, 15) is 12.8 Å². The smallest absolute Gasteiger partial charge is 0.263 e. The number of aromatic nitrogens is 1. The van der Waals surface area contributed by atoms with E-state index in [1.807, 2.05) is 0 Å². The first-order valence-corrected chi connectivity index (χ1v) is 7.10. The van der Waals surface area contributed by atoms with Gasteiger partial charge in [0.2, 0.25) is 0 Å². The summed E-state index contributed by atoms with van der Waals surface area (Å²) in [6.07, 6.45) is 1.08. The molecule has 2 aromatic rings. The van der Waals surface area contributed by atoms with E-state index in [1.165, 1.54) is 24.3 Å². The highest BCUT2D eigenvalue weighted by Crippen LogP contribution is 2.20. The first-order chi connectivity index (χ1) is 9.96. The van der Waals surface area contributed by atoms with Gasteiger partial charge in [-0.2, -0.15) is 5.26 Å². The van der Waals surface area contributed by atoms with Crippen molar-refractivity contribution in [1.29, 1.82) is 5.26 Å². The molecular formula is C12H10FN5O2S. The van der Waals surface area contributed by atoms with Crippen molar-refractivity contribution in [2.45, 2.75) is 4.90 Å². The zero-order chi connectivity index (χ0) is 15.5. The summed E-state index contributed by atoms with van der Waals surface area (Å²) in [5.41, 5.74) is 2.10. The van der Waals surface area contributed by atoms with Gasteiger partial charge in [0.1, 0.15) is 16.5 Å². The lowest BCUT2D eigenvalue weighted by Gasteiger charge is -2.09. The number of pyridine rings is 1. The Balaban J connectivity index is 2.30. The van der Waals surface area contributed by atoms with Gasteiger partial charge in [-0.1, -0.05) is 0 Å². The predicted octanol–water partition coefficient (Wildman–Crippen LogP) is 1.18. The SMILES string of the molecule is N#Cc1ccc(NS(=O)(=O)c2ccc(NN)nc2)c(F)c1. The van der Waals surface area contributed by atoms with Crippen molar-refractivity contribution in [2.75, 3.05) is 10.1 Å². The molecule has 0 radical (unpaired) electrons. The van der Waals surface area contributed by atoms with Gasteiger partial charge in [0.05, 0.1) is 17.3 Å². The molecule has 1 aromatic carbocycles. The van der Waals surface area contributed by atoms with Gasteiger partial charge in [0.15, 0.2) is 0 Å². The molecule has 0 aliphatic rings. The monoisotopic (exact) mass is 307 g/mol. The number of nitrogens with two attached hydrogens (primary N) is 1. The van der Waals surface area contributed by atoms with Gasteiger partial charge in [-0.15, -0.1) is 0 Å². The van der Waals surface area contributed by atoms with Gasteiger partial charge in [-0.3, -0.25) is 4.72 Å². The summed E-state index contributed by atoms with van der Waals surface area (Å²) in [4.78, 5) is 3.61. The summed E-state index contributed by atoms with van der Waals surface area (Å²) in [5, 5.41) is 8.63. The van der Waals surface area contributed by atoms with Gasteiger partial charge in [-0.05, 0) is 30.3 Å². The fourth-order valence-corrected chi connectivity index (χ4v) is 2.51. The molecule has 0 aliphatic carbocycles. The van der Waals surface area contributed by atoms with E-state index in [0.29, 0.717) is 5.82 Å². The van der Waals surface area contributed by atoms with Crippen LogP contribution in [-0.4, -0.2) is 13.4 Å². The average Bonchev–Trinajstić information content (AvgIpc) is 2.49. The van der Waals surface area contributed by atoms with E-state index < -0.39 is 15.8 Å². The van der Waals surface area contributed by atoms with Crippen LogP contribution in [0.4, 0.5) is 15.9 Å². The lowest BCUT2D eigenvalue weighted by atomic mass is 10.2. The van der Waals surface area contributed by atoms with Crippen LogP contribution in [0.1, 0.15) is 5.56 Å². The number of rotatable bonds is 4. The third kappa shape index (κ3) is 3.25. The molecule has 0 amide bonds. The quantitative estimate of drug-likeness (QED) is 0.576. The molecule has 1 heterocycles. The molecule has 0 saturated heterocycles. The summed E-state index contributed by atoms with van der Waals surface area (Å²) < 4.78 is 39.9. The Morgan fingerprint density at radius 3 is 2.57 bits per heavy atom. The zero-order valence-corrected chi connectivity index (χ0v) is 11.4. The number of anilines is 2. The van der Waals surface area contributed by atoms with Crippen LogP contribution in [0.15, 0.2) is 41.4 Å². The third-order valence-corrected chi connectivity index (χ3v) is 3.89. The average molecular weight is 307 g/mol. The maximum atomic E-state index is 13.7. The lowest BCUT2D eigenvalue weighted by Crippen LogP contribution is -2.15. The van der Waals surface area contributed by atoms with E-state index in [0.717, 1.165) is 12.3 Å². The van der Waals surface area contributed by atoms with Crippen LogP contribution >= 0.6 is 0 Å². The van der Waals surface area contributed by atoms with Crippen LogP contribution in [0.25, 0.3) is 0 Å². The van der Waals surface area contributed by atoms with E-state index in [1.54, 1.807) is 6.07 Å². The summed E-state index contributed by atoms with van der Waals surface area (Å²) in [5.74, 6) is 4.57. The van der Waals surface area contributed by atoms with Gasteiger partial charge in [0.25, 0.3) is 10.0 Å². The topological polar surface area (TPSA) is 121 Å². The Hall–Kier alpha value is -2.70. The second-order valence-electron chi connectivity index (χ2n) is 3.94. The molecule has 7 nitrogen and oxygen atoms in total. The van der Waals surface area contributed by atoms with Crippen molar-refractivity contribution in [3.05, 3.63) is 47.9 Å². The first kappa shape index (κ1) is 14.7. The van der Waals surface area contributed by atoms with E-state index in [2.05, 4.69) is 15.1 Å². The second kappa shape index (κ2) is 5.74. The number of nitrogens with zero attached hydrogens (tertiary/aromatic N) is 2. The highest BCUT2D eigenvalue weighted by Gasteiger charge is 2.17. The Labute approximate surface area is 120 Å². The largest absolute Gasteiger partial charge is 0.308 e. The van der Waals surface area contributed by atoms with Crippen LogP contribution in [-0.2, 0) is 10.0 Å². The second-order valence-corrected chi connectivity index (χ2v) is 5.62. The van der Waals surface area contributed by atoms with Gasteiger partial charge in [-0.25, -0.2) is 23.6 Å². The normalized spacial score (nSPS) is 10.7. The van der Waals surface area contributed by atoms with Gasteiger partial charge in [0, 0.05) is 6.20 Å². The maximum Gasteiger partial charge on any atom is 0.263 e. The molecule has 0 fully saturated rings. The van der Waals surface area contributed by atoms with Crippen LogP contribution < -0.4 is 16.0 Å². The molecule has 9 heteroatoms. The molecule has 0 spiro atoms. The van der Waals surface area contributed by atoms with Crippen molar-refractivity contribution in [1.82, 2.24) is 4.98 Å². The molecule has 0 saturated carbocycles. The van der Waals surface area contributed by atoms with Gasteiger partial charge < -0.3 is 5.43 Å². The third-order valence-electron chi connectivity index (χ3n) is 2.54. The van der Waals surface area contributed by atoms with Crippen molar-refractivity contribution in [3.63, 3.8) is 0 Å². The molecule has 0 bridgehead atoms. The Morgan fingerprint density at radius 2 is 2.05 bits per heavy atom. The number of hydrazine groups is 1. The standard InChI is InChI=1S/C12H10FN5O2S/c13-10-5-8(6-14)1-3-11(10)18-21(19,20)9-2-4-12(17-15)16-7-9/h1-5,7,18H,15H2,(H,16,17). The molecule has 108 valence electrons. The fraction of sp³-hybridized carbons (Fsp3) is 0. The molecule has 0 aliphatic heterocycles. The summed E-state index contributed by atoms with van der Waals surface area (Å²) in [6.45, 7) is 0. The number of hydrogen-bond acceptors (Lipinski definition) is 6. The number of nitrogen functional groups attached to an aromatic ring is 1. The maximum absolute atomic E-state index is 13.7. The summed E-state index contributed by atoms with van der Waals surface area (Å²) >= 11 is 0. The number of benzene rings is 1. The molecule has 21 heavy (non-hydrogen) atoms. The molecule has 4 N–H and O–H groups in total. The number of sulfonamides is 1. The lowest BCUT2D eigenvalue weighted by molar-refractivity contribution is 0.598. The minimum atomic E-state index is -3.98. The van der Waals surface area contributed by atoms with Crippen LogP contribution in [0.3, 0.4) is 0 Å². The van der Waals surface area contributed by atoms with Crippen molar-refractivity contribution >= 4 is 21.5 Å². The van der Waals surface area contributed by atoms with E-state index in [-0.39, 0.29) is 16.1 Å².